The van der Waals surface area contributed by atoms with Crippen molar-refractivity contribution >= 4 is 27.6 Å². The lowest BCUT2D eigenvalue weighted by Crippen LogP contribution is -2.03. The first-order valence-electron chi connectivity index (χ1n) is 4.01. The molecule has 80 valence electrons. The molecule has 0 unspecified atom stereocenters. The minimum atomic E-state index is -0.507. The highest BCUT2D eigenvalue weighted by Gasteiger charge is 2.15. The van der Waals surface area contributed by atoms with E-state index >= 15 is 0 Å². The van der Waals surface area contributed by atoms with E-state index in [2.05, 4.69) is 20.7 Å². The van der Waals surface area contributed by atoms with Gasteiger partial charge >= 0.3 is 5.97 Å². The van der Waals surface area contributed by atoms with Gasteiger partial charge in [-0.3, -0.25) is 10.1 Å². The average Bonchev–Trinajstić information content (AvgIpc) is 2.26. The van der Waals surface area contributed by atoms with Crippen molar-refractivity contribution in [2.75, 3.05) is 7.11 Å². The molecule has 0 fully saturated rings. The molecular formula is C9H8BrNO4. The quantitative estimate of drug-likeness (QED) is 0.367. The van der Waals surface area contributed by atoms with Gasteiger partial charge in [-0.1, -0.05) is 15.9 Å². The second kappa shape index (κ2) is 4.88. The van der Waals surface area contributed by atoms with Crippen molar-refractivity contribution < 1.29 is 14.5 Å². The van der Waals surface area contributed by atoms with Crippen LogP contribution in [0.1, 0.15) is 15.9 Å². The van der Waals surface area contributed by atoms with Gasteiger partial charge in [0.15, 0.2) is 0 Å². The third-order valence-electron chi connectivity index (χ3n) is 1.84. The number of esters is 1. The molecule has 5 nitrogen and oxygen atoms in total. The first-order valence-corrected chi connectivity index (χ1v) is 5.14. The van der Waals surface area contributed by atoms with Crippen molar-refractivity contribution in [2.45, 2.75) is 5.33 Å². The molecule has 0 N–H and O–H groups in total. The fraction of sp³-hybridized carbons (Fsp3) is 0.222. The van der Waals surface area contributed by atoms with E-state index in [1.165, 1.54) is 25.3 Å². The van der Waals surface area contributed by atoms with Crippen LogP contribution in [0.5, 0.6) is 0 Å². The van der Waals surface area contributed by atoms with Crippen molar-refractivity contribution in [1.82, 2.24) is 0 Å². The molecule has 0 aliphatic carbocycles. The number of ether oxygens (including phenoxy) is 1. The summed E-state index contributed by atoms with van der Waals surface area (Å²) in [7, 11) is 1.26. The molecule has 0 saturated heterocycles. The molecule has 0 saturated carbocycles. The summed E-state index contributed by atoms with van der Waals surface area (Å²) in [5.41, 5.74) is 0.736. The number of rotatable bonds is 3. The summed E-state index contributed by atoms with van der Waals surface area (Å²) >= 11 is 3.13. The van der Waals surface area contributed by atoms with E-state index in [0.29, 0.717) is 16.5 Å². The maximum absolute atomic E-state index is 11.2. The van der Waals surface area contributed by atoms with Crippen LogP contribution in [0.4, 0.5) is 5.69 Å². The van der Waals surface area contributed by atoms with Gasteiger partial charge < -0.3 is 4.74 Å². The van der Waals surface area contributed by atoms with E-state index < -0.39 is 10.9 Å². The van der Waals surface area contributed by atoms with Gasteiger partial charge in [0.05, 0.1) is 17.6 Å². The number of carbonyl (C=O) groups is 1. The number of halogens is 1. The lowest BCUT2D eigenvalue weighted by atomic mass is 10.1. The molecule has 0 radical (unpaired) electrons. The number of carbonyl (C=O) groups excluding carboxylic acids is 1. The number of benzene rings is 1. The lowest BCUT2D eigenvalue weighted by Gasteiger charge is -2.02. The predicted molar refractivity (Wildman–Crippen MR) is 57.1 cm³/mol. The summed E-state index contributed by atoms with van der Waals surface area (Å²) < 4.78 is 4.51. The Morgan fingerprint density at radius 2 is 2.27 bits per heavy atom. The smallest absolute Gasteiger partial charge is 0.337 e. The third-order valence-corrected chi connectivity index (χ3v) is 2.45. The molecule has 0 aliphatic rings. The molecule has 0 amide bonds. The Bertz CT molecular complexity index is 405. The van der Waals surface area contributed by atoms with E-state index in [-0.39, 0.29) is 5.69 Å². The first-order chi connectivity index (χ1) is 7.10. The SMILES string of the molecule is COC(=O)c1ccc([N+](=O)[O-])c(CBr)c1. The minimum absolute atomic E-state index is 0.0143. The Morgan fingerprint density at radius 1 is 1.60 bits per heavy atom. The molecule has 1 rings (SSSR count). The van der Waals surface area contributed by atoms with Crippen LogP contribution < -0.4 is 0 Å². The molecule has 1 aromatic rings. The summed E-state index contributed by atoms with van der Waals surface area (Å²) in [5.74, 6) is -0.507. The van der Waals surface area contributed by atoms with Crippen molar-refractivity contribution in [3.05, 3.63) is 39.4 Å². The number of nitro benzene ring substituents is 1. The summed E-state index contributed by atoms with van der Waals surface area (Å²) in [6, 6.07) is 4.11. The molecule has 0 atom stereocenters. The van der Waals surface area contributed by atoms with Crippen LogP contribution in [-0.4, -0.2) is 18.0 Å². The lowest BCUT2D eigenvalue weighted by molar-refractivity contribution is -0.385. The van der Waals surface area contributed by atoms with Crippen molar-refractivity contribution in [3.63, 3.8) is 0 Å². The summed E-state index contributed by atoms with van der Waals surface area (Å²) in [4.78, 5) is 21.3. The van der Waals surface area contributed by atoms with E-state index in [1.807, 2.05) is 0 Å². The molecule has 0 aliphatic heterocycles. The molecule has 0 heterocycles. The molecular weight excluding hydrogens is 266 g/mol. The van der Waals surface area contributed by atoms with Crippen LogP contribution in [0, 0.1) is 10.1 Å². The van der Waals surface area contributed by atoms with Crippen LogP contribution in [0.3, 0.4) is 0 Å². The zero-order chi connectivity index (χ0) is 11.4. The monoisotopic (exact) mass is 273 g/mol. The van der Waals surface area contributed by atoms with Gasteiger partial charge in [-0.15, -0.1) is 0 Å². The van der Waals surface area contributed by atoms with Gasteiger partial charge in [0.1, 0.15) is 0 Å². The Kier molecular flexibility index (Phi) is 3.79. The van der Waals surface area contributed by atoms with Crippen LogP contribution in [0.2, 0.25) is 0 Å². The van der Waals surface area contributed by atoms with Crippen molar-refractivity contribution in [1.29, 1.82) is 0 Å². The van der Waals surface area contributed by atoms with Crippen molar-refractivity contribution in [3.8, 4) is 0 Å². The van der Waals surface area contributed by atoms with Gasteiger partial charge in [-0.2, -0.15) is 0 Å². The number of hydrogen-bond acceptors (Lipinski definition) is 4. The summed E-state index contributed by atoms with van der Waals surface area (Å²) in [6.07, 6.45) is 0. The average molecular weight is 274 g/mol. The number of methoxy groups -OCH3 is 1. The summed E-state index contributed by atoms with van der Waals surface area (Å²) in [6.45, 7) is 0. The minimum Gasteiger partial charge on any atom is -0.465 e. The van der Waals surface area contributed by atoms with Gasteiger partial charge in [0.25, 0.3) is 5.69 Å². The fourth-order valence-corrected chi connectivity index (χ4v) is 1.56. The second-order valence-electron chi connectivity index (χ2n) is 2.73. The number of hydrogen-bond donors (Lipinski definition) is 0. The number of alkyl halides is 1. The van der Waals surface area contributed by atoms with Gasteiger partial charge in [0.2, 0.25) is 0 Å². The highest BCUT2D eigenvalue weighted by Crippen LogP contribution is 2.22. The van der Waals surface area contributed by atoms with Gasteiger partial charge in [0, 0.05) is 17.0 Å². The standard InChI is InChI=1S/C9H8BrNO4/c1-15-9(12)6-2-3-8(11(13)14)7(4-6)5-10/h2-4H,5H2,1H3. The molecule has 15 heavy (non-hydrogen) atoms. The van der Waals surface area contributed by atoms with Crippen LogP contribution >= 0.6 is 15.9 Å². The topological polar surface area (TPSA) is 69.4 Å². The predicted octanol–water partition coefficient (Wildman–Crippen LogP) is 2.28. The van der Waals surface area contributed by atoms with Crippen molar-refractivity contribution in [2.24, 2.45) is 0 Å². The fourth-order valence-electron chi connectivity index (χ4n) is 1.12. The molecule has 0 spiro atoms. The maximum atomic E-state index is 11.2. The van der Waals surface area contributed by atoms with Gasteiger partial charge in [-0.05, 0) is 12.1 Å². The Balaban J connectivity index is 3.19. The second-order valence-corrected chi connectivity index (χ2v) is 3.29. The molecule has 1 aromatic carbocycles. The van der Waals surface area contributed by atoms with E-state index in [9.17, 15) is 14.9 Å². The molecule has 0 aromatic heterocycles. The molecule has 6 heteroatoms. The number of nitro groups is 1. The zero-order valence-electron chi connectivity index (χ0n) is 7.90. The zero-order valence-corrected chi connectivity index (χ0v) is 9.48. The van der Waals surface area contributed by atoms with Crippen LogP contribution in [-0.2, 0) is 10.1 Å². The maximum Gasteiger partial charge on any atom is 0.337 e. The van der Waals surface area contributed by atoms with Gasteiger partial charge in [-0.25, -0.2) is 4.79 Å². The third kappa shape index (κ3) is 2.53. The van der Waals surface area contributed by atoms with Crippen LogP contribution in [0.15, 0.2) is 18.2 Å². The Labute approximate surface area is 94.3 Å². The number of nitrogens with zero attached hydrogens (tertiary/aromatic N) is 1. The van der Waals surface area contributed by atoms with E-state index in [4.69, 9.17) is 0 Å². The highest BCUT2D eigenvalue weighted by molar-refractivity contribution is 9.08. The first kappa shape index (κ1) is 11.6. The highest BCUT2D eigenvalue weighted by atomic mass is 79.9. The van der Waals surface area contributed by atoms with E-state index in [0.717, 1.165) is 0 Å². The normalized spacial score (nSPS) is 9.73. The summed E-state index contributed by atoms with van der Waals surface area (Å²) in [5, 5.41) is 10.9. The Morgan fingerprint density at radius 3 is 2.73 bits per heavy atom. The van der Waals surface area contributed by atoms with Crippen LogP contribution in [0.25, 0.3) is 0 Å². The molecule has 0 bridgehead atoms. The largest absolute Gasteiger partial charge is 0.465 e. The van der Waals surface area contributed by atoms with E-state index in [1.54, 1.807) is 0 Å². The Hall–Kier alpha value is -1.43.